The second-order valence-electron chi connectivity index (χ2n) is 3.22. The van der Waals surface area contributed by atoms with Crippen molar-refractivity contribution in [3.63, 3.8) is 0 Å². The van der Waals surface area contributed by atoms with Gasteiger partial charge in [-0.3, -0.25) is 14.9 Å². The lowest BCUT2D eigenvalue weighted by atomic mass is 10.1. The minimum atomic E-state index is -1.39. The molecule has 0 spiro atoms. The number of hydrogen-bond acceptors (Lipinski definition) is 3. The normalized spacial score (nSPS) is 12.1. The van der Waals surface area contributed by atoms with Crippen LogP contribution in [0.5, 0.6) is 0 Å². The minimum Gasteiger partial charge on any atom is -0.300 e. The molecule has 1 aromatic rings. The van der Waals surface area contributed by atoms with E-state index in [4.69, 9.17) is 0 Å². The monoisotopic (exact) mass is 212 g/mol. The maximum Gasteiger partial charge on any atom is 0.269 e. The molecule has 5 heteroatoms. The van der Waals surface area contributed by atoms with E-state index < -0.39 is 11.1 Å². The predicted octanol–water partition coefficient (Wildman–Crippen LogP) is 2.58. The van der Waals surface area contributed by atoms with Crippen LogP contribution >= 0.6 is 0 Å². The maximum absolute atomic E-state index is 13.3. The smallest absolute Gasteiger partial charge is 0.269 e. The molecule has 0 bridgehead atoms. The third-order valence-corrected chi connectivity index (χ3v) is 1.93. The maximum atomic E-state index is 13.3. The number of halogens is 1. The summed E-state index contributed by atoms with van der Waals surface area (Å²) < 4.78 is 13.3. The van der Waals surface area contributed by atoms with E-state index in [1.807, 2.05) is 0 Å². The number of non-ortho nitro benzene ring substituents is 1. The number of nitro benzene ring substituents is 1. The first kappa shape index (κ1) is 11.3. The molecule has 1 unspecified atom stereocenters. The standard InChI is InChI=1S/C10H10FNO3/c1-7(13)6-10(11)8-2-4-9(5-3-8)12(14)15/h2-5,10H,6H2,1H3/i1+1,11+0. The fraction of sp³-hybridized carbons (Fsp3) is 0.300. The fourth-order valence-corrected chi connectivity index (χ4v) is 1.18. The molecule has 4 nitrogen and oxygen atoms in total. The van der Waals surface area contributed by atoms with Gasteiger partial charge < -0.3 is 0 Å². The molecule has 15 heavy (non-hydrogen) atoms. The van der Waals surface area contributed by atoms with Gasteiger partial charge in [-0.05, 0) is 24.6 Å². The number of carbonyl (C=O) groups is 1. The molecule has 0 aliphatic rings. The Labute approximate surface area is 85.9 Å². The summed E-state index contributed by atoms with van der Waals surface area (Å²) in [6.07, 6.45) is -1.58. The van der Waals surface area contributed by atoms with E-state index in [2.05, 4.69) is 0 Å². The van der Waals surface area contributed by atoms with Crippen molar-refractivity contribution in [1.29, 1.82) is 0 Å². The topological polar surface area (TPSA) is 60.2 Å². The summed E-state index contributed by atoms with van der Waals surface area (Å²) in [5.41, 5.74) is 0.199. The average molecular weight is 212 g/mol. The van der Waals surface area contributed by atoms with E-state index >= 15 is 0 Å². The zero-order valence-corrected chi connectivity index (χ0v) is 8.14. The molecule has 0 amide bonds. The van der Waals surface area contributed by atoms with Gasteiger partial charge in [0, 0.05) is 18.6 Å². The molecular weight excluding hydrogens is 202 g/mol. The van der Waals surface area contributed by atoms with Crippen molar-refractivity contribution >= 4 is 11.5 Å². The first-order valence-corrected chi connectivity index (χ1v) is 4.38. The SMILES string of the molecule is [13CH3]C(=O)CC([19F])c1ccc([N+](=O)[O-])cc1. The van der Waals surface area contributed by atoms with Gasteiger partial charge in [0.1, 0.15) is 12.0 Å². The van der Waals surface area contributed by atoms with Gasteiger partial charge in [0.15, 0.2) is 0 Å². The number of Topliss-reactive ketones (excluding diaryl/α,β-unsaturated/α-hetero) is 1. The molecule has 0 fully saturated rings. The Hall–Kier alpha value is -1.78. The molecular formula is C10H10FNO3. The Balaban J connectivity index is 2.79. The Kier molecular flexibility index (Phi) is 3.49. The number of rotatable bonds is 4. The molecule has 0 N–H and O–H groups in total. The minimum absolute atomic E-state index is 0.0891. The average Bonchev–Trinajstić information content (AvgIpc) is 2.17. The Morgan fingerprint density at radius 2 is 2.00 bits per heavy atom. The molecule has 1 rings (SSSR count). The molecule has 0 aliphatic carbocycles. The molecule has 1 aromatic carbocycles. The first-order chi connectivity index (χ1) is 7.00. The summed E-state index contributed by atoms with van der Waals surface area (Å²) in [5.74, 6) is -0.249. The molecule has 0 saturated heterocycles. The second-order valence-corrected chi connectivity index (χ2v) is 3.22. The molecule has 80 valence electrons. The zero-order valence-electron chi connectivity index (χ0n) is 8.14. The number of ketones is 1. The van der Waals surface area contributed by atoms with E-state index in [9.17, 15) is 19.3 Å². The van der Waals surface area contributed by atoms with Crippen molar-refractivity contribution < 1.29 is 14.1 Å². The Morgan fingerprint density at radius 1 is 1.47 bits per heavy atom. The van der Waals surface area contributed by atoms with Crippen molar-refractivity contribution in [2.75, 3.05) is 0 Å². The quantitative estimate of drug-likeness (QED) is 0.437. The van der Waals surface area contributed by atoms with E-state index in [1.165, 1.54) is 31.2 Å². The van der Waals surface area contributed by atoms with Crippen LogP contribution in [0.3, 0.4) is 0 Å². The number of benzene rings is 1. The summed E-state index contributed by atoms with van der Waals surface area (Å²) in [5, 5.41) is 10.3. The van der Waals surface area contributed by atoms with Crippen molar-refractivity contribution in [2.24, 2.45) is 0 Å². The van der Waals surface area contributed by atoms with Crippen molar-refractivity contribution in [1.82, 2.24) is 0 Å². The van der Waals surface area contributed by atoms with Crippen LogP contribution in [0.2, 0.25) is 0 Å². The zero-order chi connectivity index (χ0) is 11.4. The highest BCUT2D eigenvalue weighted by atomic mass is 19.1. The fourth-order valence-electron chi connectivity index (χ4n) is 1.18. The van der Waals surface area contributed by atoms with Gasteiger partial charge in [-0.2, -0.15) is 0 Å². The van der Waals surface area contributed by atoms with Crippen LogP contribution in [-0.4, -0.2) is 10.7 Å². The lowest BCUT2D eigenvalue weighted by Crippen LogP contribution is -1.99. The highest BCUT2D eigenvalue weighted by Crippen LogP contribution is 2.23. The van der Waals surface area contributed by atoms with E-state index in [-0.39, 0.29) is 23.5 Å². The number of nitrogens with zero attached hydrogens (tertiary/aromatic N) is 1. The lowest BCUT2D eigenvalue weighted by Gasteiger charge is -2.05. The van der Waals surface area contributed by atoms with Crippen LogP contribution in [0.15, 0.2) is 24.3 Å². The van der Waals surface area contributed by atoms with Crippen molar-refractivity contribution in [3.8, 4) is 0 Å². The van der Waals surface area contributed by atoms with Gasteiger partial charge >= 0.3 is 0 Å². The number of nitro groups is 1. The van der Waals surface area contributed by atoms with Crippen LogP contribution in [0.4, 0.5) is 10.1 Å². The van der Waals surface area contributed by atoms with Crippen molar-refractivity contribution in [3.05, 3.63) is 39.9 Å². The summed E-state index contributed by atoms with van der Waals surface area (Å²) >= 11 is 0. The van der Waals surface area contributed by atoms with Crippen LogP contribution in [0.1, 0.15) is 25.1 Å². The highest BCUT2D eigenvalue weighted by Gasteiger charge is 2.13. The van der Waals surface area contributed by atoms with Crippen LogP contribution in [-0.2, 0) is 4.79 Å². The summed E-state index contributed by atoms with van der Waals surface area (Å²) in [6, 6.07) is 5.10. The second kappa shape index (κ2) is 4.63. The molecule has 1 atom stereocenters. The third-order valence-electron chi connectivity index (χ3n) is 1.93. The number of hydrogen-bond donors (Lipinski definition) is 0. The van der Waals surface area contributed by atoms with Gasteiger partial charge in [-0.1, -0.05) is 0 Å². The molecule has 0 heterocycles. The van der Waals surface area contributed by atoms with Crippen LogP contribution < -0.4 is 0 Å². The predicted molar refractivity (Wildman–Crippen MR) is 52.2 cm³/mol. The highest BCUT2D eigenvalue weighted by molar-refractivity contribution is 5.76. The van der Waals surface area contributed by atoms with Gasteiger partial charge in [-0.25, -0.2) is 4.39 Å². The lowest BCUT2D eigenvalue weighted by molar-refractivity contribution is -0.384. The Morgan fingerprint density at radius 3 is 2.40 bits per heavy atom. The van der Waals surface area contributed by atoms with Gasteiger partial charge in [-0.15, -0.1) is 0 Å². The van der Waals surface area contributed by atoms with E-state index in [1.54, 1.807) is 0 Å². The van der Waals surface area contributed by atoms with Gasteiger partial charge in [0.05, 0.1) is 4.92 Å². The molecule has 0 saturated carbocycles. The first-order valence-electron chi connectivity index (χ1n) is 4.38. The molecule has 0 radical (unpaired) electrons. The summed E-state index contributed by atoms with van der Waals surface area (Å²) in [6.45, 7) is 1.30. The Bertz CT molecular complexity index is 375. The van der Waals surface area contributed by atoms with E-state index in [0.29, 0.717) is 0 Å². The molecule has 0 aromatic heterocycles. The number of alkyl halides is 1. The van der Waals surface area contributed by atoms with Gasteiger partial charge in [0.2, 0.25) is 0 Å². The summed E-state index contributed by atoms with van der Waals surface area (Å²) in [4.78, 5) is 20.4. The van der Waals surface area contributed by atoms with Crippen molar-refractivity contribution in [2.45, 2.75) is 19.5 Å². The van der Waals surface area contributed by atoms with Crippen LogP contribution in [0, 0.1) is 10.1 Å². The van der Waals surface area contributed by atoms with Gasteiger partial charge in [0.25, 0.3) is 5.69 Å². The number of carbonyl (C=O) groups excluding carboxylic acids is 1. The third kappa shape index (κ3) is 3.12. The van der Waals surface area contributed by atoms with Crippen LogP contribution in [0.25, 0.3) is 0 Å². The summed E-state index contributed by atoms with van der Waals surface area (Å²) in [7, 11) is 0. The molecule has 0 aliphatic heterocycles. The van der Waals surface area contributed by atoms with E-state index in [0.717, 1.165) is 0 Å². The largest absolute Gasteiger partial charge is 0.300 e.